The van der Waals surface area contributed by atoms with Crippen LogP contribution in [-0.2, 0) is 4.79 Å². The first kappa shape index (κ1) is 12.3. The zero-order chi connectivity index (χ0) is 13.1. The Morgan fingerprint density at radius 1 is 1.28 bits per heavy atom. The number of nitrogens with zero attached hydrogens (tertiary/aromatic N) is 4. The van der Waals surface area contributed by atoms with E-state index in [-0.39, 0.29) is 11.9 Å². The van der Waals surface area contributed by atoms with Crippen LogP contribution in [0.1, 0.15) is 6.42 Å². The second-order valence-corrected chi connectivity index (χ2v) is 4.28. The van der Waals surface area contributed by atoms with Crippen molar-refractivity contribution in [1.82, 2.24) is 20.3 Å². The van der Waals surface area contributed by atoms with Gasteiger partial charge >= 0.3 is 0 Å². The van der Waals surface area contributed by atoms with E-state index < -0.39 is 0 Å². The molecule has 0 saturated carbocycles. The molecule has 2 rings (SSSR count). The first-order valence-corrected chi connectivity index (χ1v) is 5.73. The molecule has 0 radical (unpaired) electrons. The molecular formula is C10H17N7O. The van der Waals surface area contributed by atoms with Gasteiger partial charge in [-0.15, -0.1) is 0 Å². The number of carbonyl (C=O) groups is 1. The Bertz CT molecular complexity index is 448. The van der Waals surface area contributed by atoms with E-state index in [1.807, 2.05) is 14.1 Å². The fraction of sp³-hybridized carbons (Fsp3) is 0.600. The average Bonchev–Trinajstić information content (AvgIpc) is 2.74. The van der Waals surface area contributed by atoms with Gasteiger partial charge in [-0.05, 0) is 0 Å². The molecule has 1 unspecified atom stereocenters. The molecule has 1 amide bonds. The summed E-state index contributed by atoms with van der Waals surface area (Å²) in [6, 6.07) is 0.0274. The summed E-state index contributed by atoms with van der Waals surface area (Å²) in [6.45, 7) is 0.594. The normalized spacial score (nSPS) is 18.4. The van der Waals surface area contributed by atoms with E-state index in [1.54, 1.807) is 11.9 Å². The van der Waals surface area contributed by atoms with Gasteiger partial charge in [0, 0.05) is 34.1 Å². The van der Waals surface area contributed by atoms with Crippen LogP contribution in [0.4, 0.5) is 17.8 Å². The topological polar surface area (TPSA) is 95.1 Å². The molecule has 1 saturated heterocycles. The van der Waals surface area contributed by atoms with Crippen LogP contribution < -0.4 is 20.9 Å². The Kier molecular flexibility index (Phi) is 3.45. The van der Waals surface area contributed by atoms with Gasteiger partial charge in [-0.1, -0.05) is 0 Å². The largest absolute Gasteiger partial charge is 0.357 e. The van der Waals surface area contributed by atoms with E-state index in [9.17, 15) is 4.79 Å². The molecule has 18 heavy (non-hydrogen) atoms. The SMILES string of the molecule is CNc1nc(NC2CNC(=O)C2)nc(N(C)C)n1. The molecule has 1 aromatic heterocycles. The van der Waals surface area contributed by atoms with Crippen molar-refractivity contribution in [3.63, 3.8) is 0 Å². The van der Waals surface area contributed by atoms with Crippen LogP contribution in [-0.4, -0.2) is 54.6 Å². The summed E-state index contributed by atoms with van der Waals surface area (Å²) in [7, 11) is 5.47. The van der Waals surface area contributed by atoms with Crippen molar-refractivity contribution >= 4 is 23.8 Å². The summed E-state index contributed by atoms with van der Waals surface area (Å²) in [5, 5.41) is 8.77. The minimum atomic E-state index is 0.0274. The number of rotatable bonds is 4. The molecule has 1 fully saturated rings. The zero-order valence-corrected chi connectivity index (χ0v) is 10.7. The maximum atomic E-state index is 11.1. The Morgan fingerprint density at radius 3 is 2.56 bits per heavy atom. The predicted octanol–water partition coefficient (Wildman–Crippen LogP) is -0.720. The lowest BCUT2D eigenvalue weighted by atomic mass is 10.3. The monoisotopic (exact) mass is 251 g/mol. The first-order valence-electron chi connectivity index (χ1n) is 5.73. The Morgan fingerprint density at radius 2 is 2.00 bits per heavy atom. The molecule has 8 heteroatoms. The second kappa shape index (κ2) is 5.03. The Hall–Kier alpha value is -2.12. The van der Waals surface area contributed by atoms with Gasteiger partial charge in [0.15, 0.2) is 0 Å². The van der Waals surface area contributed by atoms with E-state index in [2.05, 4.69) is 30.9 Å². The quantitative estimate of drug-likeness (QED) is 0.650. The summed E-state index contributed by atoms with van der Waals surface area (Å²) in [5.74, 6) is 1.57. The van der Waals surface area contributed by atoms with E-state index in [1.165, 1.54) is 0 Å². The van der Waals surface area contributed by atoms with Gasteiger partial charge < -0.3 is 20.9 Å². The van der Waals surface area contributed by atoms with Crippen molar-refractivity contribution in [2.24, 2.45) is 0 Å². The van der Waals surface area contributed by atoms with Gasteiger partial charge in [-0.2, -0.15) is 15.0 Å². The third-order valence-electron chi connectivity index (χ3n) is 2.56. The summed E-state index contributed by atoms with van der Waals surface area (Å²) in [5.41, 5.74) is 0. The predicted molar refractivity (Wildman–Crippen MR) is 68.7 cm³/mol. The smallest absolute Gasteiger partial charge is 0.231 e. The minimum Gasteiger partial charge on any atom is -0.357 e. The lowest BCUT2D eigenvalue weighted by Gasteiger charge is -2.15. The third-order valence-corrected chi connectivity index (χ3v) is 2.56. The highest BCUT2D eigenvalue weighted by Crippen LogP contribution is 2.13. The fourth-order valence-electron chi connectivity index (χ4n) is 1.63. The van der Waals surface area contributed by atoms with Crippen LogP contribution in [0.2, 0.25) is 0 Å². The van der Waals surface area contributed by atoms with Gasteiger partial charge in [-0.25, -0.2) is 0 Å². The molecule has 1 atom stereocenters. The number of amides is 1. The summed E-state index contributed by atoms with van der Waals surface area (Å²) in [4.78, 5) is 25.6. The number of aromatic nitrogens is 3. The maximum absolute atomic E-state index is 11.1. The number of anilines is 3. The molecule has 0 bridgehead atoms. The van der Waals surface area contributed by atoms with Crippen LogP contribution >= 0.6 is 0 Å². The Labute approximate surface area is 105 Å². The summed E-state index contributed by atoms with van der Waals surface area (Å²) in [6.07, 6.45) is 0.442. The average molecular weight is 251 g/mol. The van der Waals surface area contributed by atoms with Crippen molar-refractivity contribution in [2.75, 3.05) is 43.2 Å². The van der Waals surface area contributed by atoms with Gasteiger partial charge in [0.25, 0.3) is 0 Å². The standard InChI is InChI=1S/C10H17N7O/c1-11-8-14-9(16-10(15-8)17(2)3)13-6-4-7(18)12-5-6/h6H,4-5H2,1-3H3,(H,12,18)(H2,11,13,14,15,16). The van der Waals surface area contributed by atoms with E-state index in [0.29, 0.717) is 30.8 Å². The number of hydrogen-bond acceptors (Lipinski definition) is 7. The lowest BCUT2D eigenvalue weighted by Crippen LogP contribution is -2.25. The van der Waals surface area contributed by atoms with E-state index >= 15 is 0 Å². The van der Waals surface area contributed by atoms with Crippen LogP contribution in [0.25, 0.3) is 0 Å². The van der Waals surface area contributed by atoms with Crippen molar-refractivity contribution in [1.29, 1.82) is 0 Å². The van der Waals surface area contributed by atoms with Gasteiger partial charge in [-0.3, -0.25) is 4.79 Å². The number of carbonyl (C=O) groups excluding carboxylic acids is 1. The number of hydrogen-bond donors (Lipinski definition) is 3. The Balaban J connectivity index is 2.16. The summed E-state index contributed by atoms with van der Waals surface area (Å²) < 4.78 is 0. The van der Waals surface area contributed by atoms with Crippen LogP contribution in [0.5, 0.6) is 0 Å². The van der Waals surface area contributed by atoms with Gasteiger partial charge in [0.05, 0.1) is 6.04 Å². The first-order chi connectivity index (χ1) is 8.58. The van der Waals surface area contributed by atoms with Crippen LogP contribution in [0.15, 0.2) is 0 Å². The highest BCUT2D eigenvalue weighted by molar-refractivity contribution is 5.79. The molecule has 0 spiro atoms. The molecule has 8 nitrogen and oxygen atoms in total. The number of nitrogens with one attached hydrogen (secondary N) is 3. The zero-order valence-electron chi connectivity index (χ0n) is 10.7. The molecule has 0 aliphatic carbocycles. The fourth-order valence-corrected chi connectivity index (χ4v) is 1.63. The third kappa shape index (κ3) is 2.76. The van der Waals surface area contributed by atoms with Crippen molar-refractivity contribution in [3.8, 4) is 0 Å². The highest BCUT2D eigenvalue weighted by Gasteiger charge is 2.22. The minimum absolute atomic E-state index is 0.0274. The van der Waals surface area contributed by atoms with Crippen molar-refractivity contribution in [3.05, 3.63) is 0 Å². The maximum Gasteiger partial charge on any atom is 0.231 e. The highest BCUT2D eigenvalue weighted by atomic mass is 16.1. The van der Waals surface area contributed by atoms with E-state index in [4.69, 9.17) is 0 Å². The van der Waals surface area contributed by atoms with Gasteiger partial charge in [0.1, 0.15) is 0 Å². The van der Waals surface area contributed by atoms with Crippen molar-refractivity contribution < 1.29 is 4.79 Å². The molecule has 0 aromatic carbocycles. The molecule has 1 aliphatic rings. The molecule has 1 aromatic rings. The molecule has 3 N–H and O–H groups in total. The molecule has 98 valence electrons. The van der Waals surface area contributed by atoms with E-state index in [0.717, 1.165) is 0 Å². The molecule has 2 heterocycles. The van der Waals surface area contributed by atoms with Crippen LogP contribution in [0.3, 0.4) is 0 Å². The van der Waals surface area contributed by atoms with Crippen LogP contribution in [0, 0.1) is 0 Å². The van der Waals surface area contributed by atoms with Crippen molar-refractivity contribution in [2.45, 2.75) is 12.5 Å². The second-order valence-electron chi connectivity index (χ2n) is 4.28. The molecule has 1 aliphatic heterocycles. The van der Waals surface area contributed by atoms with Gasteiger partial charge in [0.2, 0.25) is 23.8 Å². The summed E-state index contributed by atoms with van der Waals surface area (Å²) >= 11 is 0. The molecular weight excluding hydrogens is 234 g/mol. The lowest BCUT2D eigenvalue weighted by molar-refractivity contribution is -0.119.